The van der Waals surface area contributed by atoms with Gasteiger partial charge in [-0.3, -0.25) is 4.68 Å². The minimum Gasteiger partial charge on any atom is -0.490 e. The SMILES string of the molecule is CCCn1cc(OCCC(C)O)cn1. The summed E-state index contributed by atoms with van der Waals surface area (Å²) in [5.41, 5.74) is 0. The van der Waals surface area contributed by atoms with Crippen LogP contribution in [0.15, 0.2) is 12.4 Å². The number of nitrogens with zero attached hydrogens (tertiary/aromatic N) is 2. The number of hydrogen-bond donors (Lipinski definition) is 1. The van der Waals surface area contributed by atoms with Crippen LogP contribution in [0.5, 0.6) is 5.75 Å². The van der Waals surface area contributed by atoms with E-state index in [4.69, 9.17) is 9.84 Å². The van der Waals surface area contributed by atoms with Crippen molar-refractivity contribution in [3.8, 4) is 5.75 Å². The normalized spacial score (nSPS) is 12.8. The molecule has 14 heavy (non-hydrogen) atoms. The van der Waals surface area contributed by atoms with Gasteiger partial charge in [-0.2, -0.15) is 5.10 Å². The molecule has 0 aliphatic carbocycles. The fourth-order valence-electron chi connectivity index (χ4n) is 1.12. The highest BCUT2D eigenvalue weighted by Crippen LogP contribution is 2.09. The second kappa shape index (κ2) is 5.65. The van der Waals surface area contributed by atoms with Gasteiger partial charge in [0.2, 0.25) is 0 Å². The van der Waals surface area contributed by atoms with E-state index in [1.165, 1.54) is 0 Å². The van der Waals surface area contributed by atoms with Crippen LogP contribution in [0.1, 0.15) is 26.7 Å². The Kier molecular flexibility index (Phi) is 4.46. The van der Waals surface area contributed by atoms with E-state index in [0.717, 1.165) is 18.7 Å². The molecular formula is C10H18N2O2. The average molecular weight is 198 g/mol. The van der Waals surface area contributed by atoms with Crippen LogP contribution in [0.25, 0.3) is 0 Å². The molecule has 0 saturated heterocycles. The summed E-state index contributed by atoms with van der Waals surface area (Å²) in [6.45, 7) is 5.31. The number of aromatic nitrogens is 2. The van der Waals surface area contributed by atoms with Gasteiger partial charge < -0.3 is 9.84 Å². The lowest BCUT2D eigenvalue weighted by molar-refractivity contribution is 0.155. The zero-order chi connectivity index (χ0) is 10.4. The van der Waals surface area contributed by atoms with Crippen LogP contribution >= 0.6 is 0 Å². The minimum atomic E-state index is -0.305. The molecule has 4 heteroatoms. The number of rotatable bonds is 6. The van der Waals surface area contributed by atoms with E-state index in [1.54, 1.807) is 13.1 Å². The maximum Gasteiger partial charge on any atom is 0.157 e. The quantitative estimate of drug-likeness (QED) is 0.752. The van der Waals surface area contributed by atoms with E-state index >= 15 is 0 Å². The molecule has 1 atom stereocenters. The molecule has 0 aromatic carbocycles. The highest BCUT2D eigenvalue weighted by Gasteiger charge is 2.00. The fourth-order valence-corrected chi connectivity index (χ4v) is 1.12. The van der Waals surface area contributed by atoms with Gasteiger partial charge >= 0.3 is 0 Å². The molecule has 4 nitrogen and oxygen atoms in total. The second-order valence-electron chi connectivity index (χ2n) is 3.43. The summed E-state index contributed by atoms with van der Waals surface area (Å²) < 4.78 is 7.26. The van der Waals surface area contributed by atoms with Crippen LogP contribution in [0.2, 0.25) is 0 Å². The van der Waals surface area contributed by atoms with Crippen molar-refractivity contribution < 1.29 is 9.84 Å². The first-order valence-electron chi connectivity index (χ1n) is 5.05. The predicted molar refractivity (Wildman–Crippen MR) is 54.3 cm³/mol. The summed E-state index contributed by atoms with van der Waals surface area (Å²) in [6, 6.07) is 0. The number of aliphatic hydroxyl groups excluding tert-OH is 1. The molecule has 0 aliphatic rings. The van der Waals surface area contributed by atoms with E-state index in [2.05, 4.69) is 12.0 Å². The first kappa shape index (κ1) is 11.0. The maximum absolute atomic E-state index is 9.02. The van der Waals surface area contributed by atoms with Crippen molar-refractivity contribution in [2.24, 2.45) is 0 Å². The van der Waals surface area contributed by atoms with Crippen molar-refractivity contribution in [3.05, 3.63) is 12.4 Å². The number of aryl methyl sites for hydroxylation is 1. The third-order valence-electron chi connectivity index (χ3n) is 1.87. The molecule has 1 unspecified atom stereocenters. The van der Waals surface area contributed by atoms with E-state index in [-0.39, 0.29) is 6.10 Å². The summed E-state index contributed by atoms with van der Waals surface area (Å²) in [5.74, 6) is 0.777. The van der Waals surface area contributed by atoms with Crippen LogP contribution < -0.4 is 4.74 Å². The number of hydrogen-bond acceptors (Lipinski definition) is 3. The summed E-state index contributed by atoms with van der Waals surface area (Å²) in [6.07, 6.45) is 5.00. The third-order valence-corrected chi connectivity index (χ3v) is 1.87. The van der Waals surface area contributed by atoms with Crippen molar-refractivity contribution in [1.29, 1.82) is 0 Å². The van der Waals surface area contributed by atoms with Gasteiger partial charge in [-0.25, -0.2) is 0 Å². The first-order chi connectivity index (χ1) is 6.72. The van der Waals surface area contributed by atoms with Gasteiger partial charge in [-0.15, -0.1) is 0 Å². The minimum absolute atomic E-state index is 0.305. The summed E-state index contributed by atoms with van der Waals surface area (Å²) >= 11 is 0. The van der Waals surface area contributed by atoms with E-state index in [1.807, 2.05) is 10.9 Å². The Balaban J connectivity index is 2.28. The lowest BCUT2D eigenvalue weighted by Gasteiger charge is -2.04. The summed E-state index contributed by atoms with van der Waals surface area (Å²) in [5, 5.41) is 13.2. The number of aliphatic hydroxyl groups is 1. The predicted octanol–water partition coefficient (Wildman–Crippen LogP) is 1.44. The maximum atomic E-state index is 9.02. The van der Waals surface area contributed by atoms with Gasteiger partial charge in [0, 0.05) is 13.0 Å². The average Bonchev–Trinajstić information content (AvgIpc) is 2.53. The molecule has 0 bridgehead atoms. The van der Waals surface area contributed by atoms with Gasteiger partial charge in [0.25, 0.3) is 0 Å². The lowest BCUT2D eigenvalue weighted by atomic mass is 10.3. The summed E-state index contributed by atoms with van der Waals surface area (Å²) in [4.78, 5) is 0. The molecule has 0 saturated carbocycles. The van der Waals surface area contributed by atoms with Crippen LogP contribution in [0.4, 0.5) is 0 Å². The Morgan fingerprint density at radius 3 is 3.07 bits per heavy atom. The van der Waals surface area contributed by atoms with Gasteiger partial charge in [0.1, 0.15) is 0 Å². The first-order valence-corrected chi connectivity index (χ1v) is 5.05. The summed E-state index contributed by atoms with van der Waals surface area (Å²) in [7, 11) is 0. The molecule has 1 N–H and O–H groups in total. The standard InChI is InChI=1S/C10H18N2O2/c1-3-5-12-8-10(7-11-12)14-6-4-9(2)13/h7-9,13H,3-6H2,1-2H3. The fraction of sp³-hybridized carbons (Fsp3) is 0.700. The second-order valence-corrected chi connectivity index (χ2v) is 3.43. The zero-order valence-corrected chi connectivity index (χ0v) is 8.81. The van der Waals surface area contributed by atoms with Crippen molar-refractivity contribution in [3.63, 3.8) is 0 Å². The Bertz CT molecular complexity index is 258. The van der Waals surface area contributed by atoms with Crippen molar-refractivity contribution in [1.82, 2.24) is 9.78 Å². The Morgan fingerprint density at radius 1 is 1.64 bits per heavy atom. The van der Waals surface area contributed by atoms with E-state index in [9.17, 15) is 0 Å². The molecule has 1 aromatic rings. The van der Waals surface area contributed by atoms with Gasteiger partial charge in [-0.05, 0) is 13.3 Å². The van der Waals surface area contributed by atoms with E-state index in [0.29, 0.717) is 13.0 Å². The van der Waals surface area contributed by atoms with Crippen LogP contribution in [-0.2, 0) is 6.54 Å². The monoisotopic (exact) mass is 198 g/mol. The van der Waals surface area contributed by atoms with Crippen molar-refractivity contribution in [2.45, 2.75) is 39.3 Å². The third kappa shape index (κ3) is 3.79. The molecule has 0 fully saturated rings. The van der Waals surface area contributed by atoms with Crippen LogP contribution in [0.3, 0.4) is 0 Å². The van der Waals surface area contributed by atoms with Crippen LogP contribution in [0, 0.1) is 0 Å². The zero-order valence-electron chi connectivity index (χ0n) is 8.81. The van der Waals surface area contributed by atoms with Crippen LogP contribution in [-0.4, -0.2) is 27.6 Å². The largest absolute Gasteiger partial charge is 0.490 e. The Hall–Kier alpha value is -1.03. The molecule has 0 spiro atoms. The molecule has 1 heterocycles. The molecule has 1 rings (SSSR count). The smallest absolute Gasteiger partial charge is 0.157 e. The molecule has 80 valence electrons. The topological polar surface area (TPSA) is 47.3 Å². The highest BCUT2D eigenvalue weighted by atomic mass is 16.5. The highest BCUT2D eigenvalue weighted by molar-refractivity contribution is 5.11. The lowest BCUT2D eigenvalue weighted by Crippen LogP contribution is -2.07. The molecule has 0 amide bonds. The van der Waals surface area contributed by atoms with Gasteiger partial charge in [0.05, 0.1) is 25.1 Å². The van der Waals surface area contributed by atoms with Gasteiger partial charge in [0.15, 0.2) is 5.75 Å². The number of ether oxygens (including phenoxy) is 1. The van der Waals surface area contributed by atoms with Crippen molar-refractivity contribution >= 4 is 0 Å². The molecule has 0 radical (unpaired) electrons. The van der Waals surface area contributed by atoms with Gasteiger partial charge in [-0.1, -0.05) is 6.92 Å². The molecular weight excluding hydrogens is 180 g/mol. The van der Waals surface area contributed by atoms with Crippen molar-refractivity contribution in [2.75, 3.05) is 6.61 Å². The van der Waals surface area contributed by atoms with E-state index < -0.39 is 0 Å². The Labute approximate surface area is 84.5 Å². The molecule has 0 aliphatic heterocycles. The Morgan fingerprint density at radius 2 is 2.43 bits per heavy atom. The molecule has 1 aromatic heterocycles.